The Labute approximate surface area is 134 Å². The Bertz CT molecular complexity index is 871. The van der Waals surface area contributed by atoms with Crippen molar-refractivity contribution < 1.29 is 4.79 Å². The minimum Gasteiger partial charge on any atom is -0.367 e. The van der Waals surface area contributed by atoms with Crippen LogP contribution in [0.1, 0.15) is 23.2 Å². The maximum Gasteiger partial charge on any atom is 0.259 e. The molecule has 4 heteroatoms. The van der Waals surface area contributed by atoms with Gasteiger partial charge in [-0.25, -0.2) is 4.98 Å². The normalized spacial score (nSPS) is 13.7. The summed E-state index contributed by atoms with van der Waals surface area (Å²) in [6, 6.07) is 18.0. The number of nitrogens with zero attached hydrogens (tertiary/aromatic N) is 1. The number of fused-ring (bicyclic) bond motifs is 1. The van der Waals surface area contributed by atoms with Gasteiger partial charge in [-0.2, -0.15) is 0 Å². The molecule has 1 fully saturated rings. The summed E-state index contributed by atoms with van der Waals surface area (Å²) in [4.78, 5) is 16.9. The summed E-state index contributed by atoms with van der Waals surface area (Å²) >= 11 is 0. The number of carbonyl (C=O) groups is 1. The van der Waals surface area contributed by atoms with E-state index in [0.29, 0.717) is 17.4 Å². The number of hydrogen-bond donors (Lipinski definition) is 2. The highest BCUT2D eigenvalue weighted by atomic mass is 16.1. The molecule has 1 aliphatic carbocycles. The Balaban J connectivity index is 1.59. The Morgan fingerprint density at radius 1 is 1.00 bits per heavy atom. The van der Waals surface area contributed by atoms with Crippen molar-refractivity contribution >= 4 is 28.2 Å². The molecule has 1 amide bonds. The van der Waals surface area contributed by atoms with Crippen LogP contribution in [-0.4, -0.2) is 16.9 Å². The highest BCUT2D eigenvalue weighted by Gasteiger charge is 2.23. The largest absolute Gasteiger partial charge is 0.367 e. The number of aromatic nitrogens is 1. The molecule has 0 radical (unpaired) electrons. The van der Waals surface area contributed by atoms with Gasteiger partial charge in [0.05, 0.1) is 5.56 Å². The maximum atomic E-state index is 12.6. The van der Waals surface area contributed by atoms with Gasteiger partial charge in [0.1, 0.15) is 5.82 Å². The molecule has 0 aliphatic heterocycles. The number of anilines is 2. The molecule has 2 N–H and O–H groups in total. The summed E-state index contributed by atoms with van der Waals surface area (Å²) in [7, 11) is 0. The van der Waals surface area contributed by atoms with Crippen LogP contribution < -0.4 is 10.6 Å². The molecule has 114 valence electrons. The van der Waals surface area contributed by atoms with E-state index < -0.39 is 0 Å². The third-order valence-electron chi connectivity index (χ3n) is 3.98. The predicted octanol–water partition coefficient (Wildman–Crippen LogP) is 4.06. The van der Waals surface area contributed by atoms with E-state index in [1.807, 2.05) is 36.4 Å². The first-order valence-corrected chi connectivity index (χ1v) is 7.81. The second kappa shape index (κ2) is 5.72. The summed E-state index contributed by atoms with van der Waals surface area (Å²) in [6.45, 7) is 0. The molecule has 2 aromatic carbocycles. The van der Waals surface area contributed by atoms with Gasteiger partial charge in [-0.15, -0.1) is 0 Å². The van der Waals surface area contributed by atoms with Crippen molar-refractivity contribution in [2.75, 3.05) is 10.6 Å². The van der Waals surface area contributed by atoms with Crippen LogP contribution in [0.3, 0.4) is 0 Å². The molecule has 0 bridgehead atoms. The minimum absolute atomic E-state index is 0.142. The van der Waals surface area contributed by atoms with Crippen molar-refractivity contribution in [1.29, 1.82) is 0 Å². The van der Waals surface area contributed by atoms with Crippen LogP contribution in [0.2, 0.25) is 0 Å². The van der Waals surface area contributed by atoms with Gasteiger partial charge in [-0.1, -0.05) is 30.3 Å². The zero-order chi connectivity index (χ0) is 15.6. The van der Waals surface area contributed by atoms with Crippen LogP contribution >= 0.6 is 0 Å². The second-order valence-corrected chi connectivity index (χ2v) is 5.83. The number of nitrogens with one attached hydrogen (secondary N) is 2. The second-order valence-electron chi connectivity index (χ2n) is 5.83. The van der Waals surface area contributed by atoms with Crippen LogP contribution in [0, 0.1) is 0 Å². The smallest absolute Gasteiger partial charge is 0.259 e. The molecular formula is C19H17N3O. The molecular weight excluding hydrogens is 286 g/mol. The van der Waals surface area contributed by atoms with Crippen molar-refractivity contribution in [1.82, 2.24) is 4.98 Å². The standard InChI is InChI=1S/C19H17N3O/c23-19(17-6-3-11-20-18(17)21-15-9-10-15)22-16-8-7-13-4-1-2-5-14(13)12-16/h1-8,11-12,15H,9-10H2,(H,20,21)(H,22,23). The van der Waals surface area contributed by atoms with E-state index in [4.69, 9.17) is 0 Å². The zero-order valence-electron chi connectivity index (χ0n) is 12.6. The van der Waals surface area contributed by atoms with Gasteiger partial charge in [0.25, 0.3) is 5.91 Å². The van der Waals surface area contributed by atoms with Gasteiger partial charge in [0.2, 0.25) is 0 Å². The van der Waals surface area contributed by atoms with Crippen molar-refractivity contribution in [2.24, 2.45) is 0 Å². The minimum atomic E-state index is -0.142. The molecule has 1 aromatic heterocycles. The van der Waals surface area contributed by atoms with Crippen molar-refractivity contribution in [3.8, 4) is 0 Å². The molecule has 4 nitrogen and oxygen atoms in total. The van der Waals surface area contributed by atoms with E-state index in [-0.39, 0.29) is 5.91 Å². The Hall–Kier alpha value is -2.88. The van der Waals surface area contributed by atoms with E-state index in [1.165, 1.54) is 0 Å². The number of rotatable bonds is 4. The number of hydrogen-bond acceptors (Lipinski definition) is 3. The van der Waals surface area contributed by atoms with Crippen LogP contribution in [0.15, 0.2) is 60.8 Å². The molecule has 4 rings (SSSR count). The van der Waals surface area contributed by atoms with E-state index in [9.17, 15) is 4.79 Å². The molecule has 1 saturated carbocycles. The first-order valence-electron chi connectivity index (χ1n) is 7.81. The van der Waals surface area contributed by atoms with Crippen LogP contribution in [0.4, 0.5) is 11.5 Å². The quantitative estimate of drug-likeness (QED) is 0.764. The highest BCUT2D eigenvalue weighted by molar-refractivity contribution is 6.08. The van der Waals surface area contributed by atoms with Gasteiger partial charge in [-0.3, -0.25) is 4.79 Å². The lowest BCUT2D eigenvalue weighted by atomic mass is 10.1. The van der Waals surface area contributed by atoms with Gasteiger partial charge >= 0.3 is 0 Å². The number of pyridine rings is 1. The summed E-state index contributed by atoms with van der Waals surface area (Å²) in [5, 5.41) is 8.53. The third kappa shape index (κ3) is 3.01. The monoisotopic (exact) mass is 303 g/mol. The fourth-order valence-electron chi connectivity index (χ4n) is 2.59. The molecule has 0 unspecified atom stereocenters. The first kappa shape index (κ1) is 13.8. The lowest BCUT2D eigenvalue weighted by Crippen LogP contribution is -2.16. The maximum absolute atomic E-state index is 12.6. The summed E-state index contributed by atoms with van der Waals surface area (Å²) in [6.07, 6.45) is 3.99. The highest BCUT2D eigenvalue weighted by Crippen LogP contribution is 2.26. The van der Waals surface area contributed by atoms with Crippen molar-refractivity contribution in [3.63, 3.8) is 0 Å². The van der Waals surface area contributed by atoms with Gasteiger partial charge in [0, 0.05) is 17.9 Å². The van der Waals surface area contributed by atoms with Gasteiger partial charge in [0.15, 0.2) is 0 Å². The Kier molecular flexibility index (Phi) is 3.42. The number of carbonyl (C=O) groups excluding carboxylic acids is 1. The van der Waals surface area contributed by atoms with Gasteiger partial charge in [-0.05, 0) is 47.9 Å². The van der Waals surface area contributed by atoms with E-state index in [1.54, 1.807) is 18.3 Å². The van der Waals surface area contributed by atoms with Crippen molar-refractivity contribution in [3.05, 3.63) is 66.4 Å². The predicted molar refractivity (Wildman–Crippen MR) is 92.8 cm³/mol. The first-order chi connectivity index (χ1) is 11.3. The number of benzene rings is 2. The molecule has 1 heterocycles. The van der Waals surface area contributed by atoms with Crippen LogP contribution in [-0.2, 0) is 0 Å². The molecule has 0 spiro atoms. The average Bonchev–Trinajstić information content (AvgIpc) is 3.39. The summed E-state index contributed by atoms with van der Waals surface area (Å²) < 4.78 is 0. The fourth-order valence-corrected chi connectivity index (χ4v) is 2.59. The van der Waals surface area contributed by atoms with E-state index in [2.05, 4.69) is 21.7 Å². The van der Waals surface area contributed by atoms with Crippen LogP contribution in [0.5, 0.6) is 0 Å². The van der Waals surface area contributed by atoms with E-state index in [0.717, 1.165) is 29.3 Å². The van der Waals surface area contributed by atoms with Crippen LogP contribution in [0.25, 0.3) is 10.8 Å². The number of amides is 1. The topological polar surface area (TPSA) is 54.0 Å². The molecule has 3 aromatic rings. The molecule has 0 saturated heterocycles. The molecule has 23 heavy (non-hydrogen) atoms. The summed E-state index contributed by atoms with van der Waals surface area (Å²) in [5.41, 5.74) is 1.36. The van der Waals surface area contributed by atoms with E-state index >= 15 is 0 Å². The molecule has 0 atom stereocenters. The Morgan fingerprint density at radius 2 is 1.83 bits per heavy atom. The molecule has 1 aliphatic rings. The van der Waals surface area contributed by atoms with Gasteiger partial charge < -0.3 is 10.6 Å². The Morgan fingerprint density at radius 3 is 2.65 bits per heavy atom. The summed E-state index contributed by atoms with van der Waals surface area (Å²) in [5.74, 6) is 0.518. The third-order valence-corrected chi connectivity index (χ3v) is 3.98. The van der Waals surface area contributed by atoms with Crippen molar-refractivity contribution in [2.45, 2.75) is 18.9 Å². The lowest BCUT2D eigenvalue weighted by Gasteiger charge is -2.11. The fraction of sp³-hybridized carbons (Fsp3) is 0.158. The SMILES string of the molecule is O=C(Nc1ccc2ccccc2c1)c1cccnc1NC1CC1. The average molecular weight is 303 g/mol. The lowest BCUT2D eigenvalue weighted by molar-refractivity contribution is 0.102. The zero-order valence-corrected chi connectivity index (χ0v) is 12.6.